The molecule has 2 N–H and O–H groups in total. The zero-order chi connectivity index (χ0) is 23.9. The first-order valence-corrected chi connectivity index (χ1v) is 11.4. The Morgan fingerprint density at radius 3 is 2.56 bits per heavy atom. The van der Waals surface area contributed by atoms with Gasteiger partial charge in [-0.1, -0.05) is 27.7 Å². The Labute approximate surface area is 190 Å². The molecule has 2 heterocycles. The van der Waals surface area contributed by atoms with E-state index in [1.54, 1.807) is 13.0 Å². The summed E-state index contributed by atoms with van der Waals surface area (Å²) in [5, 5.41) is 0. The molecular weight excluding hydrogens is 408 g/mol. The molecule has 0 radical (unpaired) electrons. The van der Waals surface area contributed by atoms with Crippen LogP contribution in [0, 0.1) is 12.3 Å². The number of carbonyl (C=O) groups is 2. The normalized spacial score (nSPS) is 14.8. The van der Waals surface area contributed by atoms with Crippen molar-refractivity contribution in [3.63, 3.8) is 0 Å². The molecule has 0 saturated carbocycles. The van der Waals surface area contributed by atoms with Gasteiger partial charge < -0.3 is 19.6 Å². The van der Waals surface area contributed by atoms with E-state index in [9.17, 15) is 9.59 Å². The van der Waals surface area contributed by atoms with Crippen molar-refractivity contribution in [1.82, 2.24) is 4.98 Å². The molecule has 1 aliphatic carbocycles. The molecule has 0 aliphatic heterocycles. The number of ether oxygens (including phenoxy) is 2. The molecule has 2 aromatic heterocycles. The van der Waals surface area contributed by atoms with Gasteiger partial charge in [-0.25, -0.2) is 4.79 Å². The average Bonchev–Trinajstić information content (AvgIpc) is 3.14. The van der Waals surface area contributed by atoms with Crippen molar-refractivity contribution < 1.29 is 23.5 Å². The van der Waals surface area contributed by atoms with Gasteiger partial charge in [0.1, 0.15) is 11.5 Å². The number of nitrogens with zero attached hydrogens (tertiary/aromatic N) is 1. The van der Waals surface area contributed by atoms with E-state index < -0.39 is 5.97 Å². The molecule has 2 aromatic rings. The minimum atomic E-state index is -0.542. The molecule has 3 rings (SSSR count). The maximum absolute atomic E-state index is 13.2. The largest absolute Gasteiger partial charge is 0.462 e. The molecule has 0 aromatic carbocycles. The fourth-order valence-electron chi connectivity index (χ4n) is 3.83. The van der Waals surface area contributed by atoms with Gasteiger partial charge in [-0.2, -0.15) is 0 Å². The standard InChI is InChI=1S/C23H30N2O5.C2H6/c1-5-29-22(27)20-16(13-28-11-10-24)25-15-12-23(3,4)9-8-17(26)19(15)21(20)18-7-6-14(2)30-18;1-2/h6-7H,5,8-13,24H2,1-4H3;1-2H3. The van der Waals surface area contributed by atoms with E-state index in [2.05, 4.69) is 13.8 Å². The van der Waals surface area contributed by atoms with Gasteiger partial charge in [-0.15, -0.1) is 0 Å². The van der Waals surface area contributed by atoms with Gasteiger partial charge in [0.25, 0.3) is 0 Å². The Morgan fingerprint density at radius 2 is 1.97 bits per heavy atom. The van der Waals surface area contributed by atoms with E-state index in [4.69, 9.17) is 24.6 Å². The minimum Gasteiger partial charge on any atom is -0.462 e. The first-order valence-electron chi connectivity index (χ1n) is 11.4. The van der Waals surface area contributed by atoms with Crippen molar-refractivity contribution in [2.45, 2.75) is 67.4 Å². The van der Waals surface area contributed by atoms with E-state index in [0.29, 0.717) is 60.0 Å². The third-order valence-electron chi connectivity index (χ3n) is 5.27. The van der Waals surface area contributed by atoms with Crippen LogP contribution in [0.3, 0.4) is 0 Å². The van der Waals surface area contributed by atoms with E-state index in [-0.39, 0.29) is 30.0 Å². The van der Waals surface area contributed by atoms with Crippen molar-refractivity contribution in [1.29, 1.82) is 0 Å². The van der Waals surface area contributed by atoms with Gasteiger partial charge in [-0.3, -0.25) is 9.78 Å². The second-order valence-corrected chi connectivity index (χ2v) is 8.37. The van der Waals surface area contributed by atoms with E-state index in [0.717, 1.165) is 6.42 Å². The zero-order valence-electron chi connectivity index (χ0n) is 20.2. The number of rotatable bonds is 7. The van der Waals surface area contributed by atoms with Gasteiger partial charge in [0.2, 0.25) is 0 Å². The van der Waals surface area contributed by atoms with Gasteiger partial charge in [-0.05, 0) is 44.2 Å². The second-order valence-electron chi connectivity index (χ2n) is 8.37. The number of esters is 1. The number of fused-ring (bicyclic) bond motifs is 1. The van der Waals surface area contributed by atoms with E-state index in [1.807, 2.05) is 26.8 Å². The number of ketones is 1. The lowest BCUT2D eigenvalue weighted by Crippen LogP contribution is -2.20. The minimum absolute atomic E-state index is 0.0351. The second kappa shape index (κ2) is 11.4. The van der Waals surface area contributed by atoms with Gasteiger partial charge >= 0.3 is 5.97 Å². The van der Waals surface area contributed by atoms with Crippen LogP contribution < -0.4 is 5.73 Å². The average molecular weight is 445 g/mol. The summed E-state index contributed by atoms with van der Waals surface area (Å²) in [5.74, 6) is 0.571. The topological polar surface area (TPSA) is 105 Å². The highest BCUT2D eigenvalue weighted by atomic mass is 16.5. The fraction of sp³-hybridized carbons (Fsp3) is 0.560. The molecule has 0 fully saturated rings. The Balaban J connectivity index is 0.00000176. The third-order valence-corrected chi connectivity index (χ3v) is 5.27. The number of aryl methyl sites for hydroxylation is 1. The van der Waals surface area contributed by atoms with Crippen molar-refractivity contribution >= 4 is 11.8 Å². The Kier molecular flexibility index (Phi) is 9.16. The predicted molar refractivity (Wildman–Crippen MR) is 124 cm³/mol. The molecule has 0 amide bonds. The van der Waals surface area contributed by atoms with Crippen LogP contribution in [-0.4, -0.2) is 36.5 Å². The summed E-state index contributed by atoms with van der Waals surface area (Å²) >= 11 is 0. The summed E-state index contributed by atoms with van der Waals surface area (Å²) in [6, 6.07) is 3.59. The van der Waals surface area contributed by atoms with Crippen LogP contribution in [0.1, 0.15) is 85.3 Å². The van der Waals surface area contributed by atoms with Crippen molar-refractivity contribution in [3.8, 4) is 11.3 Å². The molecule has 32 heavy (non-hydrogen) atoms. The molecule has 0 atom stereocenters. The van der Waals surface area contributed by atoms with Crippen LogP contribution in [-0.2, 0) is 22.5 Å². The van der Waals surface area contributed by atoms with E-state index >= 15 is 0 Å². The van der Waals surface area contributed by atoms with E-state index in [1.165, 1.54) is 0 Å². The molecular formula is C25H36N2O5. The van der Waals surface area contributed by atoms with Gasteiger partial charge in [0, 0.05) is 18.5 Å². The number of aromatic nitrogens is 1. The summed E-state index contributed by atoms with van der Waals surface area (Å²) in [5.41, 5.74) is 7.72. The van der Waals surface area contributed by atoms with Crippen LogP contribution in [0.4, 0.5) is 0 Å². The SMILES string of the molecule is CC.CCOC(=O)c1c(COCCN)nc2c(c1-c1ccc(C)o1)C(=O)CCC(C)(C)C2. The smallest absolute Gasteiger partial charge is 0.340 e. The molecule has 0 spiro atoms. The lowest BCUT2D eigenvalue weighted by Gasteiger charge is -2.23. The molecule has 7 nitrogen and oxygen atoms in total. The number of hydrogen-bond donors (Lipinski definition) is 1. The third kappa shape index (κ3) is 5.84. The quantitative estimate of drug-likeness (QED) is 0.369. The molecule has 176 valence electrons. The summed E-state index contributed by atoms with van der Waals surface area (Å²) in [6.45, 7) is 12.8. The lowest BCUT2D eigenvalue weighted by molar-refractivity contribution is 0.0518. The molecule has 0 saturated heterocycles. The number of hydrogen-bond acceptors (Lipinski definition) is 7. The van der Waals surface area contributed by atoms with Gasteiger partial charge in [0.15, 0.2) is 5.78 Å². The summed E-state index contributed by atoms with van der Waals surface area (Å²) in [4.78, 5) is 31.0. The Morgan fingerprint density at radius 1 is 1.25 bits per heavy atom. The number of furan rings is 1. The summed E-state index contributed by atoms with van der Waals surface area (Å²) < 4.78 is 16.8. The zero-order valence-corrected chi connectivity index (χ0v) is 20.2. The Bertz CT molecular complexity index is 946. The summed E-state index contributed by atoms with van der Waals surface area (Å²) in [6.07, 6.45) is 1.75. The highest BCUT2D eigenvalue weighted by Crippen LogP contribution is 2.40. The van der Waals surface area contributed by atoms with Crippen molar-refractivity contribution in [2.24, 2.45) is 11.1 Å². The first-order chi connectivity index (χ1) is 15.3. The predicted octanol–water partition coefficient (Wildman–Crippen LogP) is 4.87. The Hall–Kier alpha value is -2.51. The van der Waals surface area contributed by atoms with Crippen LogP contribution in [0.2, 0.25) is 0 Å². The fourth-order valence-corrected chi connectivity index (χ4v) is 3.83. The molecule has 7 heteroatoms. The molecule has 0 unspecified atom stereocenters. The first kappa shape index (κ1) is 25.7. The number of Topliss-reactive ketones (excluding diaryl/α,β-unsaturated/α-hetero) is 1. The monoisotopic (exact) mass is 444 g/mol. The lowest BCUT2D eigenvalue weighted by atomic mass is 9.84. The number of carbonyl (C=O) groups excluding carboxylic acids is 2. The maximum atomic E-state index is 13.2. The molecule has 1 aliphatic rings. The highest BCUT2D eigenvalue weighted by Gasteiger charge is 2.35. The molecule has 0 bridgehead atoms. The number of pyridine rings is 1. The van der Waals surface area contributed by atoms with Crippen LogP contribution >= 0.6 is 0 Å². The maximum Gasteiger partial charge on any atom is 0.340 e. The van der Waals surface area contributed by atoms with Crippen molar-refractivity contribution in [2.75, 3.05) is 19.8 Å². The van der Waals surface area contributed by atoms with Gasteiger partial charge in [0.05, 0.1) is 42.3 Å². The number of nitrogens with two attached hydrogens (primary N) is 1. The van der Waals surface area contributed by atoms with Crippen LogP contribution in [0.5, 0.6) is 0 Å². The summed E-state index contributed by atoms with van der Waals surface area (Å²) in [7, 11) is 0. The van der Waals surface area contributed by atoms with Crippen LogP contribution in [0.15, 0.2) is 16.5 Å². The van der Waals surface area contributed by atoms with Crippen molar-refractivity contribution in [3.05, 3.63) is 40.4 Å². The highest BCUT2D eigenvalue weighted by molar-refractivity contribution is 6.09. The van der Waals surface area contributed by atoms with Crippen LogP contribution in [0.25, 0.3) is 11.3 Å².